The van der Waals surface area contributed by atoms with Gasteiger partial charge in [0.1, 0.15) is 24.7 Å². The smallest absolute Gasteiger partial charge is 0.409 e. The number of hydrogen-bond acceptors (Lipinski definition) is 10. The van der Waals surface area contributed by atoms with Crippen molar-refractivity contribution in [3.63, 3.8) is 0 Å². The third-order valence-electron chi connectivity index (χ3n) is 10.2. The number of likely N-dealkylation sites (N-methyl/N-ethyl adjacent to an activating group) is 1. The van der Waals surface area contributed by atoms with E-state index in [4.69, 9.17) is 23.8 Å². The van der Waals surface area contributed by atoms with Crippen molar-refractivity contribution in [1.82, 2.24) is 4.90 Å². The lowest BCUT2D eigenvalue weighted by Crippen LogP contribution is -2.69. The van der Waals surface area contributed by atoms with Gasteiger partial charge in [0.15, 0.2) is 0 Å². The summed E-state index contributed by atoms with van der Waals surface area (Å²) >= 11 is 1.75. The van der Waals surface area contributed by atoms with Crippen LogP contribution in [-0.2, 0) is 14.3 Å². The number of carbonyl (C=O) groups is 1. The molecule has 0 unspecified atom stereocenters. The molecule has 1 saturated carbocycles. The number of amides is 1. The topological polar surface area (TPSA) is 119 Å². The Bertz CT molecular complexity index is 1500. The number of aliphatic hydroxyl groups is 2. The number of fused-ring (bicyclic) bond motifs is 2. The Hall–Kier alpha value is -3.51. The molecule has 11 heteroatoms. The maximum atomic E-state index is 13.4. The van der Waals surface area contributed by atoms with Crippen LogP contribution >= 0.6 is 11.8 Å². The van der Waals surface area contributed by atoms with Crippen LogP contribution in [0.2, 0.25) is 0 Å². The zero-order valence-electron chi connectivity index (χ0n) is 30.2. The molecule has 0 bridgehead atoms. The zero-order valence-corrected chi connectivity index (χ0v) is 31.0. The Balaban J connectivity index is 1.63. The van der Waals surface area contributed by atoms with Crippen molar-refractivity contribution in [3.05, 3.63) is 78.4 Å². The number of unbranched alkanes of at least 4 members (excludes halogenated alkanes) is 2. The predicted molar refractivity (Wildman–Crippen MR) is 199 cm³/mol. The van der Waals surface area contributed by atoms with Gasteiger partial charge in [0, 0.05) is 48.8 Å². The Morgan fingerprint density at radius 3 is 2.59 bits per heavy atom. The molecule has 51 heavy (non-hydrogen) atoms. The van der Waals surface area contributed by atoms with Crippen LogP contribution in [0, 0.1) is 17.8 Å². The van der Waals surface area contributed by atoms with Gasteiger partial charge in [-0.25, -0.2) is 4.79 Å². The summed E-state index contributed by atoms with van der Waals surface area (Å²) in [6, 6.07) is 15.7. The number of nitrogens with zero attached hydrogens (tertiary/aromatic N) is 2. The van der Waals surface area contributed by atoms with E-state index in [1.165, 1.54) is 12.0 Å². The Labute approximate surface area is 306 Å². The fourth-order valence-corrected chi connectivity index (χ4v) is 8.87. The molecule has 1 aliphatic heterocycles. The third-order valence-corrected chi connectivity index (χ3v) is 11.2. The molecule has 10 nitrogen and oxygen atoms in total. The van der Waals surface area contributed by atoms with E-state index in [0.29, 0.717) is 31.6 Å². The monoisotopic (exact) mass is 722 g/mol. The maximum absolute atomic E-state index is 13.4. The molecule has 5 rings (SSSR count). The number of allylic oxidation sites excluding steroid dienone is 1. The second kappa shape index (κ2) is 18.8. The van der Waals surface area contributed by atoms with Crippen LogP contribution in [0.5, 0.6) is 11.5 Å². The van der Waals surface area contributed by atoms with Gasteiger partial charge in [-0.05, 0) is 80.3 Å². The molecule has 278 valence electrons. The molecule has 1 amide bonds. The number of aliphatic hydroxyl groups excluding tert-OH is 2. The Morgan fingerprint density at radius 1 is 1.12 bits per heavy atom. The summed E-state index contributed by atoms with van der Waals surface area (Å²) in [4.78, 5) is 21.6. The van der Waals surface area contributed by atoms with Gasteiger partial charge in [0.25, 0.3) is 0 Å². The van der Waals surface area contributed by atoms with Crippen LogP contribution in [0.25, 0.3) is 0 Å². The lowest BCUT2D eigenvalue weighted by atomic mass is 9.55. The van der Waals surface area contributed by atoms with Crippen molar-refractivity contribution in [1.29, 1.82) is 0 Å². The van der Waals surface area contributed by atoms with E-state index >= 15 is 0 Å². The molecule has 0 spiro atoms. The molecule has 2 aliphatic carbocycles. The number of rotatable bonds is 19. The lowest BCUT2D eigenvalue weighted by molar-refractivity contribution is -0.253. The minimum atomic E-state index is -1.30. The van der Waals surface area contributed by atoms with E-state index < -0.39 is 17.9 Å². The SMILES string of the molecule is C=CCO[C@@]12Oc3ccc(OCCSc4ccccc4)cc3[C@H]3[C@H](CCCCO)[C@@H](CCCCO)C=C(C(=NOC)C[C@@H]1N(C)C(=O)OCC)[C@H]32. The van der Waals surface area contributed by atoms with Gasteiger partial charge in [-0.3, -0.25) is 0 Å². The van der Waals surface area contributed by atoms with Crippen molar-refractivity contribution < 1.29 is 38.8 Å². The van der Waals surface area contributed by atoms with E-state index in [2.05, 4.69) is 36.0 Å². The fourth-order valence-electron chi connectivity index (χ4n) is 8.12. The quantitative estimate of drug-likeness (QED) is 0.0671. The molecule has 0 radical (unpaired) electrons. The number of oxime groups is 1. The van der Waals surface area contributed by atoms with E-state index in [9.17, 15) is 15.0 Å². The molecule has 6 atom stereocenters. The standard InChI is InChI=1S/C40H54N2O8S/c1-5-22-49-40-36(42(3)39(45)47-6-2)27-34(41-46-4)32-25-28(14-10-12-20-43)31(17-11-13-21-44)37(38(32)40)33-26-29(18-19-35(33)50-40)48-23-24-51-30-15-8-7-9-16-30/h5,7-9,15-16,18-19,25-26,28,31,36-38,43-44H,1,6,10-14,17,20-24,27H2,2-4H3/t28-,31+,36-,37+,38+,40+/m0/s1. The molecule has 2 N–H and O–H groups in total. The molecule has 2 aromatic carbocycles. The third kappa shape index (κ3) is 8.76. The maximum Gasteiger partial charge on any atom is 0.409 e. The first-order valence-electron chi connectivity index (χ1n) is 18.2. The Kier molecular flexibility index (Phi) is 14.3. The van der Waals surface area contributed by atoms with Crippen LogP contribution in [-0.4, -0.2) is 91.7 Å². The van der Waals surface area contributed by atoms with Crippen LogP contribution in [0.3, 0.4) is 0 Å². The highest BCUT2D eigenvalue weighted by Gasteiger charge is 2.65. The van der Waals surface area contributed by atoms with Crippen molar-refractivity contribution in [2.75, 3.05) is 52.9 Å². The number of benzene rings is 2. The van der Waals surface area contributed by atoms with E-state index in [0.717, 1.165) is 54.0 Å². The molecule has 1 fully saturated rings. The average Bonchev–Trinajstić information content (AvgIpc) is 3.14. The predicted octanol–water partition coefficient (Wildman–Crippen LogP) is 7.21. The normalized spacial score (nSPS) is 25.5. The summed E-state index contributed by atoms with van der Waals surface area (Å²) in [5.74, 6) is 0.750. The van der Waals surface area contributed by atoms with Crippen LogP contribution in [0.4, 0.5) is 4.79 Å². The lowest BCUT2D eigenvalue weighted by Gasteiger charge is -2.59. The summed E-state index contributed by atoms with van der Waals surface area (Å²) in [6.45, 7) is 6.96. The van der Waals surface area contributed by atoms with Crippen LogP contribution in [0.15, 0.2) is 82.9 Å². The van der Waals surface area contributed by atoms with Gasteiger partial charge < -0.3 is 38.9 Å². The van der Waals surface area contributed by atoms with Crippen LogP contribution < -0.4 is 9.47 Å². The minimum Gasteiger partial charge on any atom is -0.493 e. The van der Waals surface area contributed by atoms with E-state index in [-0.39, 0.29) is 50.1 Å². The minimum absolute atomic E-state index is 0.112. The number of ether oxygens (including phenoxy) is 4. The molecule has 0 saturated heterocycles. The van der Waals surface area contributed by atoms with Gasteiger partial charge in [-0.2, -0.15) is 0 Å². The highest BCUT2D eigenvalue weighted by molar-refractivity contribution is 7.99. The highest BCUT2D eigenvalue weighted by Crippen LogP contribution is 2.61. The summed E-state index contributed by atoms with van der Waals surface area (Å²) in [5, 5.41) is 24.1. The average molecular weight is 723 g/mol. The summed E-state index contributed by atoms with van der Waals surface area (Å²) in [6.07, 6.45) is 8.74. The molecule has 3 aliphatic rings. The summed E-state index contributed by atoms with van der Waals surface area (Å²) in [5.41, 5.74) is 2.75. The van der Waals surface area contributed by atoms with Crippen molar-refractivity contribution in [2.24, 2.45) is 22.9 Å². The molecular weight excluding hydrogens is 669 g/mol. The first-order chi connectivity index (χ1) is 24.9. The molecule has 2 aromatic rings. The number of carbonyl (C=O) groups excluding carboxylic acids is 1. The highest BCUT2D eigenvalue weighted by atomic mass is 32.2. The summed E-state index contributed by atoms with van der Waals surface area (Å²) in [7, 11) is 3.26. The van der Waals surface area contributed by atoms with E-state index in [1.54, 1.807) is 36.7 Å². The number of hydrogen-bond donors (Lipinski definition) is 2. The summed E-state index contributed by atoms with van der Waals surface area (Å²) < 4.78 is 25.8. The van der Waals surface area contributed by atoms with Gasteiger partial charge in [0.2, 0.25) is 5.79 Å². The van der Waals surface area contributed by atoms with Gasteiger partial charge >= 0.3 is 6.09 Å². The first kappa shape index (κ1) is 38.7. The zero-order chi connectivity index (χ0) is 36.2. The fraction of sp³-hybridized carbons (Fsp3) is 0.550. The molecule has 1 heterocycles. The van der Waals surface area contributed by atoms with Gasteiger partial charge in [-0.1, -0.05) is 48.3 Å². The largest absolute Gasteiger partial charge is 0.493 e. The van der Waals surface area contributed by atoms with Crippen LogP contribution in [0.1, 0.15) is 63.4 Å². The molecule has 0 aromatic heterocycles. The second-order valence-corrected chi connectivity index (χ2v) is 14.4. The van der Waals surface area contributed by atoms with Crippen molar-refractivity contribution in [2.45, 2.75) is 74.5 Å². The number of thioether (sulfide) groups is 1. The second-order valence-electron chi connectivity index (χ2n) is 13.3. The van der Waals surface area contributed by atoms with E-state index in [1.807, 2.05) is 30.3 Å². The first-order valence-corrected chi connectivity index (χ1v) is 19.2. The van der Waals surface area contributed by atoms with Gasteiger partial charge in [0.05, 0.1) is 31.5 Å². The molecular formula is C40H54N2O8S. The Morgan fingerprint density at radius 2 is 1.88 bits per heavy atom. The van der Waals surface area contributed by atoms with Crippen molar-refractivity contribution >= 4 is 23.6 Å². The van der Waals surface area contributed by atoms with Crippen molar-refractivity contribution in [3.8, 4) is 11.5 Å². The van der Waals surface area contributed by atoms with Gasteiger partial charge in [-0.15, -0.1) is 18.3 Å².